The number of amides is 2. The molecule has 2 rings (SSSR count). The van der Waals surface area contributed by atoms with Gasteiger partial charge in [0.25, 0.3) is 5.91 Å². The number of nitrogens with zero attached hydrogens (tertiary/aromatic N) is 1. The number of nitrogens with one attached hydrogen (secondary N) is 1. The molecule has 1 N–H and O–H groups in total. The molecule has 0 aliphatic carbocycles. The molecule has 2 amide bonds. The van der Waals surface area contributed by atoms with Gasteiger partial charge in [0.15, 0.2) is 0 Å². The molecule has 4 heteroatoms. The second kappa shape index (κ2) is 6.29. The fourth-order valence-corrected chi connectivity index (χ4v) is 2.85. The molecule has 0 bridgehead atoms. The number of carbonyl (C=O) groups is 2. The maximum Gasteiger partial charge on any atom is 0.250 e. The molecule has 1 atom stereocenters. The molecule has 0 aromatic heterocycles. The van der Waals surface area contributed by atoms with Crippen LogP contribution >= 0.6 is 0 Å². The van der Waals surface area contributed by atoms with E-state index in [1.54, 1.807) is 4.90 Å². The van der Waals surface area contributed by atoms with Gasteiger partial charge >= 0.3 is 0 Å². The van der Waals surface area contributed by atoms with E-state index in [2.05, 4.69) is 19.2 Å². The number of carbonyl (C=O) groups excluding carboxylic acids is 2. The van der Waals surface area contributed by atoms with Gasteiger partial charge in [-0.3, -0.25) is 9.59 Å². The second-order valence-electron chi connectivity index (χ2n) is 6.20. The van der Waals surface area contributed by atoms with Gasteiger partial charge in [-0.15, -0.1) is 0 Å². The first-order valence-electron chi connectivity index (χ1n) is 7.60. The summed E-state index contributed by atoms with van der Waals surface area (Å²) in [7, 11) is 0. The Bertz CT molecular complexity index is 513. The van der Waals surface area contributed by atoms with Gasteiger partial charge in [0.1, 0.15) is 5.54 Å². The van der Waals surface area contributed by atoms with Crippen molar-refractivity contribution >= 4 is 11.8 Å². The molecular formula is C17H24N2O2. The van der Waals surface area contributed by atoms with Crippen LogP contribution in [0.15, 0.2) is 30.3 Å². The summed E-state index contributed by atoms with van der Waals surface area (Å²) in [5.41, 5.74) is -0.0480. The van der Waals surface area contributed by atoms with Crippen molar-refractivity contribution in [1.29, 1.82) is 0 Å². The van der Waals surface area contributed by atoms with E-state index in [0.717, 1.165) is 18.4 Å². The third kappa shape index (κ3) is 3.09. The Labute approximate surface area is 126 Å². The number of hydrogen-bond donors (Lipinski definition) is 1. The summed E-state index contributed by atoms with van der Waals surface area (Å²) in [4.78, 5) is 26.5. The maximum atomic E-state index is 12.5. The van der Waals surface area contributed by atoms with Crippen LogP contribution in [-0.2, 0) is 15.1 Å². The van der Waals surface area contributed by atoms with Crippen molar-refractivity contribution < 1.29 is 9.59 Å². The zero-order valence-corrected chi connectivity index (χ0v) is 13.1. The molecule has 1 fully saturated rings. The molecule has 4 nitrogen and oxygen atoms in total. The van der Waals surface area contributed by atoms with Crippen LogP contribution < -0.4 is 5.32 Å². The Balaban J connectivity index is 2.28. The number of piperazine rings is 1. The van der Waals surface area contributed by atoms with Crippen molar-refractivity contribution in [2.75, 3.05) is 13.1 Å². The van der Waals surface area contributed by atoms with Crippen molar-refractivity contribution in [1.82, 2.24) is 10.2 Å². The highest BCUT2D eigenvalue weighted by atomic mass is 16.2. The molecular weight excluding hydrogens is 264 g/mol. The normalized spacial score (nSPS) is 22.6. The van der Waals surface area contributed by atoms with Crippen molar-refractivity contribution in [2.45, 2.75) is 39.2 Å². The van der Waals surface area contributed by atoms with Crippen LogP contribution in [0.3, 0.4) is 0 Å². The van der Waals surface area contributed by atoms with E-state index < -0.39 is 5.54 Å². The molecule has 114 valence electrons. The van der Waals surface area contributed by atoms with Crippen LogP contribution in [0.25, 0.3) is 0 Å². The lowest BCUT2D eigenvalue weighted by atomic mass is 9.86. The highest BCUT2D eigenvalue weighted by Crippen LogP contribution is 2.31. The van der Waals surface area contributed by atoms with Gasteiger partial charge in [-0.1, -0.05) is 44.2 Å². The molecule has 1 unspecified atom stereocenters. The van der Waals surface area contributed by atoms with E-state index >= 15 is 0 Å². The first-order valence-corrected chi connectivity index (χ1v) is 7.60. The van der Waals surface area contributed by atoms with Crippen molar-refractivity contribution in [3.63, 3.8) is 0 Å². The zero-order chi connectivity index (χ0) is 15.5. The Hall–Kier alpha value is -1.84. The predicted molar refractivity (Wildman–Crippen MR) is 82.6 cm³/mol. The van der Waals surface area contributed by atoms with Crippen molar-refractivity contribution in [3.8, 4) is 0 Å². The summed E-state index contributed by atoms with van der Waals surface area (Å²) in [5.74, 6) is 0.490. The maximum absolute atomic E-state index is 12.5. The Morgan fingerprint density at radius 3 is 2.52 bits per heavy atom. The number of rotatable bonds is 5. The Morgan fingerprint density at radius 1 is 1.24 bits per heavy atom. The second-order valence-corrected chi connectivity index (χ2v) is 6.20. The van der Waals surface area contributed by atoms with Gasteiger partial charge in [-0.05, 0) is 31.2 Å². The molecule has 1 aliphatic heterocycles. The fourth-order valence-electron chi connectivity index (χ4n) is 2.85. The van der Waals surface area contributed by atoms with Crippen LogP contribution in [-0.4, -0.2) is 29.8 Å². The average molecular weight is 288 g/mol. The zero-order valence-electron chi connectivity index (χ0n) is 13.1. The molecule has 1 aromatic carbocycles. The van der Waals surface area contributed by atoms with E-state index in [1.807, 2.05) is 37.3 Å². The molecule has 0 radical (unpaired) electrons. The standard InChI is InChI=1S/C17H24N2O2/c1-13(2)8-7-11-19-15(20)12-18-16(21)17(19,3)14-9-5-4-6-10-14/h4-6,9-10,13H,7-8,11-12H2,1-3H3,(H,18,21). The first-order chi connectivity index (χ1) is 9.96. The van der Waals surface area contributed by atoms with Gasteiger partial charge in [-0.25, -0.2) is 0 Å². The lowest BCUT2D eigenvalue weighted by molar-refractivity contribution is -0.153. The minimum atomic E-state index is -0.909. The van der Waals surface area contributed by atoms with Crippen LogP contribution in [0, 0.1) is 5.92 Å². The van der Waals surface area contributed by atoms with Gasteiger partial charge in [0, 0.05) is 6.54 Å². The van der Waals surface area contributed by atoms with Gasteiger partial charge in [0.2, 0.25) is 5.91 Å². The molecule has 1 aromatic rings. The van der Waals surface area contributed by atoms with Crippen LogP contribution in [0.5, 0.6) is 0 Å². The van der Waals surface area contributed by atoms with Crippen LogP contribution in [0.1, 0.15) is 39.2 Å². The number of benzene rings is 1. The highest BCUT2D eigenvalue weighted by molar-refractivity contribution is 5.98. The fraction of sp³-hybridized carbons (Fsp3) is 0.529. The predicted octanol–water partition coefficient (Wildman–Crippen LogP) is 2.30. The highest BCUT2D eigenvalue weighted by Gasteiger charge is 2.46. The van der Waals surface area contributed by atoms with E-state index in [9.17, 15) is 9.59 Å². The molecule has 0 saturated carbocycles. The van der Waals surface area contributed by atoms with Gasteiger partial charge < -0.3 is 10.2 Å². The summed E-state index contributed by atoms with van der Waals surface area (Å²) in [5, 5.41) is 2.72. The summed E-state index contributed by atoms with van der Waals surface area (Å²) < 4.78 is 0. The summed E-state index contributed by atoms with van der Waals surface area (Å²) in [6.07, 6.45) is 1.97. The van der Waals surface area contributed by atoms with Crippen molar-refractivity contribution in [2.24, 2.45) is 5.92 Å². The van der Waals surface area contributed by atoms with E-state index in [-0.39, 0.29) is 18.4 Å². The van der Waals surface area contributed by atoms with E-state index in [4.69, 9.17) is 0 Å². The lowest BCUT2D eigenvalue weighted by Gasteiger charge is -2.44. The smallest absolute Gasteiger partial charge is 0.250 e. The van der Waals surface area contributed by atoms with Gasteiger partial charge in [-0.2, -0.15) is 0 Å². The monoisotopic (exact) mass is 288 g/mol. The summed E-state index contributed by atoms with van der Waals surface area (Å²) in [6, 6.07) is 9.54. The quantitative estimate of drug-likeness (QED) is 0.904. The van der Waals surface area contributed by atoms with Crippen LogP contribution in [0.2, 0.25) is 0 Å². The largest absolute Gasteiger partial charge is 0.345 e. The van der Waals surface area contributed by atoms with Crippen molar-refractivity contribution in [3.05, 3.63) is 35.9 Å². The third-order valence-corrected chi connectivity index (χ3v) is 4.18. The minimum absolute atomic E-state index is 0.00953. The average Bonchev–Trinajstić information content (AvgIpc) is 2.47. The van der Waals surface area contributed by atoms with Crippen LogP contribution in [0.4, 0.5) is 0 Å². The lowest BCUT2D eigenvalue weighted by Crippen LogP contribution is -2.63. The Morgan fingerprint density at radius 2 is 1.90 bits per heavy atom. The Kier molecular flexibility index (Phi) is 4.66. The topological polar surface area (TPSA) is 49.4 Å². The van der Waals surface area contributed by atoms with Gasteiger partial charge in [0.05, 0.1) is 6.54 Å². The number of hydrogen-bond acceptors (Lipinski definition) is 2. The van der Waals surface area contributed by atoms with E-state index in [1.165, 1.54) is 0 Å². The first kappa shape index (κ1) is 15.5. The molecule has 0 spiro atoms. The molecule has 1 aliphatic rings. The third-order valence-electron chi connectivity index (χ3n) is 4.18. The molecule has 1 heterocycles. The molecule has 21 heavy (non-hydrogen) atoms. The van der Waals surface area contributed by atoms with E-state index in [0.29, 0.717) is 12.5 Å². The summed E-state index contributed by atoms with van der Waals surface area (Å²) >= 11 is 0. The summed E-state index contributed by atoms with van der Waals surface area (Å²) in [6.45, 7) is 6.89. The minimum Gasteiger partial charge on any atom is -0.345 e. The molecule has 1 saturated heterocycles. The SMILES string of the molecule is CC(C)CCCN1C(=O)CNC(=O)C1(C)c1ccccc1.